The number of nitrogens with zero attached hydrogens (tertiary/aromatic N) is 5. The lowest BCUT2D eigenvalue weighted by Gasteiger charge is -2.31. The van der Waals surface area contributed by atoms with Gasteiger partial charge in [-0.15, -0.1) is 0 Å². The standard InChI is InChI=1S/C24H24N6O/c31-24(29-13-11-17(12-14-29)23-26-22(27-28-23)16-5-6-16)18-7-9-19(10-8-18)30-15-25-20-3-1-2-4-21(20)30/h1-4,7-10,15-17H,5-6,11-14H2,(H,26,27,28). The smallest absolute Gasteiger partial charge is 0.253 e. The molecular weight excluding hydrogens is 388 g/mol. The first-order valence-corrected chi connectivity index (χ1v) is 11.0. The number of amides is 1. The molecule has 1 aliphatic heterocycles. The molecule has 0 unspecified atom stereocenters. The first kappa shape index (κ1) is 18.3. The lowest BCUT2D eigenvalue weighted by molar-refractivity contribution is 0.0711. The second-order valence-corrected chi connectivity index (χ2v) is 8.57. The fraction of sp³-hybridized carbons (Fsp3) is 0.333. The number of piperidine rings is 1. The monoisotopic (exact) mass is 412 g/mol. The van der Waals surface area contributed by atoms with E-state index >= 15 is 0 Å². The van der Waals surface area contributed by atoms with E-state index in [0.29, 0.717) is 11.8 Å². The van der Waals surface area contributed by atoms with Crippen molar-refractivity contribution in [2.45, 2.75) is 37.5 Å². The van der Waals surface area contributed by atoms with Crippen LogP contribution in [-0.4, -0.2) is 48.6 Å². The van der Waals surface area contributed by atoms with Gasteiger partial charge in [-0.05, 0) is 62.1 Å². The highest BCUT2D eigenvalue weighted by Crippen LogP contribution is 2.38. The second kappa shape index (κ2) is 7.34. The van der Waals surface area contributed by atoms with Gasteiger partial charge in [-0.3, -0.25) is 14.5 Å². The zero-order valence-electron chi connectivity index (χ0n) is 17.2. The van der Waals surface area contributed by atoms with E-state index in [1.165, 1.54) is 12.8 Å². The maximum atomic E-state index is 13.0. The Morgan fingerprint density at radius 3 is 2.48 bits per heavy atom. The van der Waals surface area contributed by atoms with Crippen LogP contribution in [-0.2, 0) is 0 Å². The number of H-pyrrole nitrogens is 1. The third kappa shape index (κ3) is 3.40. The van der Waals surface area contributed by atoms with Gasteiger partial charge in [0.05, 0.1) is 11.0 Å². The number of carbonyl (C=O) groups excluding carboxylic acids is 1. The Labute approximate surface area is 180 Å². The topological polar surface area (TPSA) is 79.7 Å². The number of imidazole rings is 1. The Kier molecular flexibility index (Phi) is 4.33. The summed E-state index contributed by atoms with van der Waals surface area (Å²) < 4.78 is 2.04. The van der Waals surface area contributed by atoms with Gasteiger partial charge >= 0.3 is 0 Å². The summed E-state index contributed by atoms with van der Waals surface area (Å²) >= 11 is 0. The molecule has 1 amide bonds. The van der Waals surface area contributed by atoms with E-state index in [0.717, 1.165) is 59.9 Å². The number of hydrogen-bond donors (Lipinski definition) is 1. The third-order valence-corrected chi connectivity index (χ3v) is 6.48. The van der Waals surface area contributed by atoms with Crippen LogP contribution in [0.15, 0.2) is 54.9 Å². The number of nitrogens with one attached hydrogen (secondary N) is 1. The highest BCUT2D eigenvalue weighted by molar-refractivity contribution is 5.94. The summed E-state index contributed by atoms with van der Waals surface area (Å²) in [4.78, 5) is 24.1. The summed E-state index contributed by atoms with van der Waals surface area (Å²) in [6, 6.07) is 15.8. The second-order valence-electron chi connectivity index (χ2n) is 8.57. The molecule has 2 aromatic heterocycles. The Morgan fingerprint density at radius 1 is 0.935 bits per heavy atom. The van der Waals surface area contributed by atoms with E-state index < -0.39 is 0 Å². The molecule has 0 atom stereocenters. The van der Waals surface area contributed by atoms with Crippen LogP contribution in [0.5, 0.6) is 0 Å². The van der Waals surface area contributed by atoms with Gasteiger partial charge in [0.1, 0.15) is 12.2 Å². The molecule has 4 aromatic rings. The number of fused-ring (bicyclic) bond motifs is 1. The lowest BCUT2D eigenvalue weighted by atomic mass is 9.95. The molecule has 3 heterocycles. The summed E-state index contributed by atoms with van der Waals surface area (Å²) in [5, 5.41) is 7.51. The highest BCUT2D eigenvalue weighted by atomic mass is 16.2. The number of benzene rings is 2. The molecule has 0 spiro atoms. The van der Waals surface area contributed by atoms with Crippen LogP contribution in [0.2, 0.25) is 0 Å². The third-order valence-electron chi connectivity index (χ3n) is 6.48. The van der Waals surface area contributed by atoms with Gasteiger partial charge in [0.2, 0.25) is 0 Å². The van der Waals surface area contributed by atoms with Crippen molar-refractivity contribution in [2.75, 3.05) is 13.1 Å². The summed E-state index contributed by atoms with van der Waals surface area (Å²) in [5.74, 6) is 2.98. The van der Waals surface area contributed by atoms with Crippen molar-refractivity contribution >= 4 is 16.9 Å². The number of hydrogen-bond acceptors (Lipinski definition) is 4. The zero-order chi connectivity index (χ0) is 20.8. The molecule has 1 aliphatic carbocycles. The Hall–Kier alpha value is -3.48. The van der Waals surface area contributed by atoms with Crippen LogP contribution in [0.4, 0.5) is 0 Å². The molecule has 1 N–H and O–H groups in total. The van der Waals surface area contributed by atoms with Crippen molar-refractivity contribution in [3.05, 3.63) is 72.1 Å². The van der Waals surface area contributed by atoms with Crippen LogP contribution in [0.3, 0.4) is 0 Å². The van der Waals surface area contributed by atoms with Gasteiger partial charge in [0, 0.05) is 36.2 Å². The molecule has 1 saturated heterocycles. The van der Waals surface area contributed by atoms with Crippen molar-refractivity contribution < 1.29 is 4.79 Å². The van der Waals surface area contributed by atoms with Crippen LogP contribution < -0.4 is 0 Å². The first-order valence-electron chi connectivity index (χ1n) is 11.0. The number of para-hydroxylation sites is 2. The molecule has 0 radical (unpaired) electrons. The predicted molar refractivity (Wildman–Crippen MR) is 117 cm³/mol. The molecule has 2 aliphatic rings. The summed E-state index contributed by atoms with van der Waals surface area (Å²) in [5.41, 5.74) is 3.74. The fourth-order valence-corrected chi connectivity index (χ4v) is 4.46. The fourth-order valence-electron chi connectivity index (χ4n) is 4.46. The van der Waals surface area contributed by atoms with Crippen LogP contribution in [0.1, 0.15) is 59.5 Å². The average molecular weight is 412 g/mol. The first-order chi connectivity index (χ1) is 15.3. The van der Waals surface area contributed by atoms with Gasteiger partial charge in [0.15, 0.2) is 5.82 Å². The number of likely N-dealkylation sites (tertiary alicyclic amines) is 1. The normalized spacial score (nSPS) is 17.4. The number of aromatic nitrogens is 5. The van der Waals surface area contributed by atoms with Gasteiger partial charge in [-0.25, -0.2) is 9.97 Å². The molecule has 7 heteroatoms. The summed E-state index contributed by atoms with van der Waals surface area (Å²) in [6.07, 6.45) is 6.08. The molecule has 7 nitrogen and oxygen atoms in total. The molecule has 156 valence electrons. The quantitative estimate of drug-likeness (QED) is 0.549. The average Bonchev–Trinajstić information content (AvgIpc) is 3.40. The largest absolute Gasteiger partial charge is 0.339 e. The van der Waals surface area contributed by atoms with E-state index in [1.807, 2.05) is 64.3 Å². The predicted octanol–water partition coefficient (Wildman–Crippen LogP) is 4.04. The van der Waals surface area contributed by atoms with Gasteiger partial charge in [-0.2, -0.15) is 5.10 Å². The van der Waals surface area contributed by atoms with E-state index in [9.17, 15) is 4.79 Å². The van der Waals surface area contributed by atoms with E-state index in [4.69, 9.17) is 4.98 Å². The maximum absolute atomic E-state index is 13.0. The van der Waals surface area contributed by atoms with Crippen molar-refractivity contribution in [3.63, 3.8) is 0 Å². The van der Waals surface area contributed by atoms with Gasteiger partial charge < -0.3 is 4.90 Å². The van der Waals surface area contributed by atoms with Crippen molar-refractivity contribution in [1.29, 1.82) is 0 Å². The van der Waals surface area contributed by atoms with E-state index in [-0.39, 0.29) is 5.91 Å². The Balaban J connectivity index is 1.13. The van der Waals surface area contributed by atoms with E-state index in [2.05, 4.69) is 15.2 Å². The van der Waals surface area contributed by atoms with Gasteiger partial charge in [-0.1, -0.05) is 12.1 Å². The van der Waals surface area contributed by atoms with Crippen molar-refractivity contribution in [3.8, 4) is 5.69 Å². The zero-order valence-corrected chi connectivity index (χ0v) is 17.2. The van der Waals surface area contributed by atoms with Crippen LogP contribution in [0, 0.1) is 0 Å². The molecule has 0 bridgehead atoms. The maximum Gasteiger partial charge on any atom is 0.253 e. The minimum Gasteiger partial charge on any atom is -0.339 e. The number of carbonyl (C=O) groups is 1. The van der Waals surface area contributed by atoms with Crippen molar-refractivity contribution in [2.24, 2.45) is 0 Å². The summed E-state index contributed by atoms with van der Waals surface area (Å²) in [6.45, 7) is 1.49. The lowest BCUT2D eigenvalue weighted by Crippen LogP contribution is -2.38. The van der Waals surface area contributed by atoms with Crippen molar-refractivity contribution in [1.82, 2.24) is 29.6 Å². The van der Waals surface area contributed by atoms with Crippen LogP contribution in [0.25, 0.3) is 16.7 Å². The SMILES string of the molecule is O=C(c1ccc(-n2cnc3ccccc32)cc1)N1CCC(c2nc(C3CC3)n[nH]2)CC1. The molecule has 2 aromatic carbocycles. The Morgan fingerprint density at radius 2 is 1.71 bits per heavy atom. The van der Waals surface area contributed by atoms with E-state index in [1.54, 1.807) is 0 Å². The molecular formula is C24H24N6O. The molecule has 31 heavy (non-hydrogen) atoms. The molecule has 2 fully saturated rings. The summed E-state index contributed by atoms with van der Waals surface area (Å²) in [7, 11) is 0. The van der Waals surface area contributed by atoms with Crippen LogP contribution >= 0.6 is 0 Å². The minimum atomic E-state index is 0.0942. The number of aromatic amines is 1. The molecule has 1 saturated carbocycles. The minimum absolute atomic E-state index is 0.0942. The molecule has 6 rings (SSSR count). The highest BCUT2D eigenvalue weighted by Gasteiger charge is 2.30. The number of rotatable bonds is 4. The van der Waals surface area contributed by atoms with Gasteiger partial charge in [0.25, 0.3) is 5.91 Å². The Bertz CT molecular complexity index is 1230.